The number of hydrogen-bond donors (Lipinski definition) is 1. The molecule has 0 spiro atoms. The van der Waals surface area contributed by atoms with Gasteiger partial charge in [-0.15, -0.1) is 0 Å². The molecule has 4 rings (SSSR count). The van der Waals surface area contributed by atoms with Gasteiger partial charge in [0.15, 0.2) is 0 Å². The predicted octanol–water partition coefficient (Wildman–Crippen LogP) is 3.36. The van der Waals surface area contributed by atoms with Crippen molar-refractivity contribution in [2.45, 2.75) is 63.8 Å². The molecule has 3 heterocycles. The zero-order valence-electron chi connectivity index (χ0n) is 15.9. The smallest absolute Gasteiger partial charge is 0.132 e. The molecule has 0 aromatic carbocycles. The molecule has 142 valence electrons. The molecule has 26 heavy (non-hydrogen) atoms. The van der Waals surface area contributed by atoms with Gasteiger partial charge in [0.25, 0.3) is 0 Å². The Labute approximate surface area is 157 Å². The number of hydrogen-bond acceptors (Lipinski definition) is 5. The van der Waals surface area contributed by atoms with Gasteiger partial charge >= 0.3 is 0 Å². The Morgan fingerprint density at radius 2 is 1.96 bits per heavy atom. The van der Waals surface area contributed by atoms with E-state index in [2.05, 4.69) is 26.3 Å². The van der Waals surface area contributed by atoms with Crippen LogP contribution in [0.15, 0.2) is 18.0 Å². The minimum Gasteiger partial charge on any atom is -0.381 e. The Kier molecular flexibility index (Phi) is 6.18. The van der Waals surface area contributed by atoms with Gasteiger partial charge in [0.1, 0.15) is 12.1 Å². The number of aromatic nitrogens is 2. The van der Waals surface area contributed by atoms with Crippen LogP contribution < -0.4 is 5.32 Å². The highest BCUT2D eigenvalue weighted by molar-refractivity contribution is 5.46. The Morgan fingerprint density at radius 1 is 1.08 bits per heavy atom. The van der Waals surface area contributed by atoms with Crippen molar-refractivity contribution in [1.82, 2.24) is 14.9 Å². The summed E-state index contributed by atoms with van der Waals surface area (Å²) in [6.45, 7) is 5.04. The third-order valence-electron chi connectivity index (χ3n) is 6.15. The Bertz CT molecular complexity index is 624. The van der Waals surface area contributed by atoms with Crippen molar-refractivity contribution >= 4 is 5.82 Å². The van der Waals surface area contributed by atoms with Crippen molar-refractivity contribution in [3.8, 4) is 0 Å². The van der Waals surface area contributed by atoms with E-state index < -0.39 is 0 Å². The SMILES string of the molecule is C1=C(CCNc2ncnc3c2CCN(C2CCOCC2)CC3)CCCC1. The average Bonchev–Trinajstić information content (AvgIpc) is 2.93. The fourth-order valence-corrected chi connectivity index (χ4v) is 4.58. The number of fused-ring (bicyclic) bond motifs is 1. The van der Waals surface area contributed by atoms with E-state index in [-0.39, 0.29) is 0 Å². The molecule has 1 saturated heterocycles. The van der Waals surface area contributed by atoms with Crippen LogP contribution in [0.3, 0.4) is 0 Å². The van der Waals surface area contributed by atoms with Crippen LogP contribution >= 0.6 is 0 Å². The summed E-state index contributed by atoms with van der Waals surface area (Å²) in [6.07, 6.45) is 15.0. The van der Waals surface area contributed by atoms with E-state index in [0.29, 0.717) is 6.04 Å². The molecular weight excluding hydrogens is 324 g/mol. The molecule has 0 unspecified atom stereocenters. The van der Waals surface area contributed by atoms with E-state index in [1.54, 1.807) is 11.9 Å². The van der Waals surface area contributed by atoms with Crippen molar-refractivity contribution in [2.75, 3.05) is 38.2 Å². The fourth-order valence-electron chi connectivity index (χ4n) is 4.58. The van der Waals surface area contributed by atoms with Crippen molar-refractivity contribution in [1.29, 1.82) is 0 Å². The van der Waals surface area contributed by atoms with Gasteiger partial charge in [-0.3, -0.25) is 4.90 Å². The highest BCUT2D eigenvalue weighted by Crippen LogP contribution is 2.24. The number of nitrogens with zero attached hydrogens (tertiary/aromatic N) is 3. The molecule has 1 fully saturated rings. The monoisotopic (exact) mass is 356 g/mol. The van der Waals surface area contributed by atoms with Crippen molar-refractivity contribution in [3.05, 3.63) is 29.2 Å². The number of rotatable bonds is 5. The summed E-state index contributed by atoms with van der Waals surface area (Å²) in [5, 5.41) is 3.61. The summed E-state index contributed by atoms with van der Waals surface area (Å²) in [5.74, 6) is 1.07. The first-order valence-electron chi connectivity index (χ1n) is 10.5. The molecule has 0 amide bonds. The number of ether oxygens (including phenoxy) is 1. The topological polar surface area (TPSA) is 50.3 Å². The van der Waals surface area contributed by atoms with Gasteiger partial charge in [0, 0.05) is 50.9 Å². The summed E-state index contributed by atoms with van der Waals surface area (Å²) in [4.78, 5) is 11.8. The van der Waals surface area contributed by atoms with Gasteiger partial charge in [0.05, 0.1) is 5.69 Å². The first-order valence-corrected chi connectivity index (χ1v) is 10.5. The first kappa shape index (κ1) is 17.9. The number of anilines is 1. The Morgan fingerprint density at radius 3 is 2.81 bits per heavy atom. The normalized spacial score (nSPS) is 22.4. The highest BCUT2D eigenvalue weighted by atomic mass is 16.5. The largest absolute Gasteiger partial charge is 0.381 e. The standard InChI is InChI=1S/C21H32N4O/c1-2-4-17(5-3-1)6-11-22-21-19-7-12-25(18-9-14-26-15-10-18)13-8-20(19)23-16-24-21/h4,16,18H,1-3,5-15H2,(H,22,23,24). The zero-order chi connectivity index (χ0) is 17.6. The molecule has 5 nitrogen and oxygen atoms in total. The lowest BCUT2D eigenvalue weighted by molar-refractivity contribution is 0.0355. The number of allylic oxidation sites excluding steroid dienone is 1. The molecule has 0 bridgehead atoms. The van der Waals surface area contributed by atoms with Crippen LogP contribution in [0.25, 0.3) is 0 Å². The van der Waals surface area contributed by atoms with Crippen LogP contribution in [-0.2, 0) is 17.6 Å². The summed E-state index contributed by atoms with van der Waals surface area (Å²) in [6, 6.07) is 0.681. The molecule has 1 aromatic rings. The maximum atomic E-state index is 5.53. The van der Waals surface area contributed by atoms with E-state index in [9.17, 15) is 0 Å². The maximum absolute atomic E-state index is 5.53. The van der Waals surface area contributed by atoms with Gasteiger partial charge < -0.3 is 10.1 Å². The van der Waals surface area contributed by atoms with Crippen LogP contribution in [0.1, 0.15) is 56.2 Å². The maximum Gasteiger partial charge on any atom is 0.132 e. The Balaban J connectivity index is 1.36. The summed E-state index contributed by atoms with van der Waals surface area (Å²) in [5.41, 5.74) is 4.21. The molecule has 0 radical (unpaired) electrons. The lowest BCUT2D eigenvalue weighted by atomic mass is 9.97. The summed E-state index contributed by atoms with van der Waals surface area (Å²) in [7, 11) is 0. The van der Waals surface area contributed by atoms with E-state index in [0.717, 1.165) is 57.9 Å². The molecule has 2 aliphatic heterocycles. The summed E-state index contributed by atoms with van der Waals surface area (Å²) < 4.78 is 5.53. The molecule has 1 N–H and O–H groups in total. The fraction of sp³-hybridized carbons (Fsp3) is 0.714. The first-order chi connectivity index (χ1) is 12.9. The van der Waals surface area contributed by atoms with Gasteiger partial charge in [-0.25, -0.2) is 9.97 Å². The van der Waals surface area contributed by atoms with Crippen LogP contribution in [0.5, 0.6) is 0 Å². The minimum absolute atomic E-state index is 0.681. The van der Waals surface area contributed by atoms with Crippen LogP contribution in [-0.4, -0.2) is 53.8 Å². The second-order valence-electron chi connectivity index (χ2n) is 7.81. The molecule has 1 aliphatic carbocycles. The van der Waals surface area contributed by atoms with Crippen molar-refractivity contribution < 1.29 is 4.74 Å². The number of nitrogens with one attached hydrogen (secondary N) is 1. The molecule has 1 aromatic heterocycles. The van der Waals surface area contributed by atoms with Crippen LogP contribution in [0.2, 0.25) is 0 Å². The quantitative estimate of drug-likeness (QED) is 0.820. The van der Waals surface area contributed by atoms with Crippen LogP contribution in [0.4, 0.5) is 5.82 Å². The summed E-state index contributed by atoms with van der Waals surface area (Å²) >= 11 is 0. The van der Waals surface area contributed by atoms with Gasteiger partial charge in [-0.05, 0) is 51.4 Å². The van der Waals surface area contributed by atoms with Crippen molar-refractivity contribution in [3.63, 3.8) is 0 Å². The molecular formula is C21H32N4O. The minimum atomic E-state index is 0.681. The van der Waals surface area contributed by atoms with Gasteiger partial charge in [0.2, 0.25) is 0 Å². The lowest BCUT2D eigenvalue weighted by Gasteiger charge is -2.33. The molecule has 0 atom stereocenters. The van der Waals surface area contributed by atoms with E-state index in [4.69, 9.17) is 4.74 Å². The molecule has 3 aliphatic rings. The lowest BCUT2D eigenvalue weighted by Crippen LogP contribution is -2.40. The van der Waals surface area contributed by atoms with Crippen molar-refractivity contribution in [2.24, 2.45) is 0 Å². The van der Waals surface area contributed by atoms with Crippen LogP contribution in [0, 0.1) is 0 Å². The average molecular weight is 357 g/mol. The van der Waals surface area contributed by atoms with Gasteiger partial charge in [-0.1, -0.05) is 11.6 Å². The Hall–Kier alpha value is -1.46. The molecule has 0 saturated carbocycles. The van der Waals surface area contributed by atoms with E-state index >= 15 is 0 Å². The zero-order valence-corrected chi connectivity index (χ0v) is 15.9. The molecule has 5 heteroatoms. The second-order valence-corrected chi connectivity index (χ2v) is 7.81. The second kappa shape index (κ2) is 8.96. The highest BCUT2D eigenvalue weighted by Gasteiger charge is 2.25. The predicted molar refractivity (Wildman–Crippen MR) is 105 cm³/mol. The van der Waals surface area contributed by atoms with Gasteiger partial charge in [-0.2, -0.15) is 0 Å². The van der Waals surface area contributed by atoms with E-state index in [1.165, 1.54) is 49.8 Å². The third-order valence-corrected chi connectivity index (χ3v) is 6.15. The third kappa shape index (κ3) is 4.44. The van der Waals surface area contributed by atoms with E-state index in [1.807, 2.05) is 0 Å².